The fourth-order valence-corrected chi connectivity index (χ4v) is 3.02. The SMILES string of the molecule is CCCCCCCCCCCCCCCCCN([O-])CCC. The largest absolute Gasteiger partial charge is 0.785 e. The van der Waals surface area contributed by atoms with Gasteiger partial charge < -0.3 is 10.3 Å². The lowest BCUT2D eigenvalue weighted by Gasteiger charge is -2.27. The lowest BCUT2D eigenvalue weighted by atomic mass is 10.0. The van der Waals surface area contributed by atoms with Gasteiger partial charge in [0.15, 0.2) is 0 Å². The maximum absolute atomic E-state index is 11.3. The Kier molecular flexibility index (Phi) is 18.9. The zero-order chi connectivity index (χ0) is 16.3. The molecule has 0 aliphatic rings. The van der Waals surface area contributed by atoms with Gasteiger partial charge in [0.2, 0.25) is 0 Å². The van der Waals surface area contributed by atoms with Crippen molar-refractivity contribution in [3.05, 3.63) is 5.21 Å². The molecule has 0 rings (SSSR count). The third kappa shape index (κ3) is 18.0. The zero-order valence-corrected chi connectivity index (χ0v) is 15.6. The number of nitrogens with zero attached hydrogens (tertiary/aromatic N) is 1. The van der Waals surface area contributed by atoms with Crippen LogP contribution in [0, 0.1) is 5.21 Å². The molecule has 134 valence electrons. The van der Waals surface area contributed by atoms with E-state index in [4.69, 9.17) is 0 Å². The van der Waals surface area contributed by atoms with E-state index >= 15 is 0 Å². The molecule has 0 N–H and O–H groups in total. The van der Waals surface area contributed by atoms with Gasteiger partial charge in [-0.15, -0.1) is 0 Å². The molecule has 0 saturated heterocycles. The third-order valence-corrected chi connectivity index (χ3v) is 4.48. The predicted molar refractivity (Wildman–Crippen MR) is 100 cm³/mol. The summed E-state index contributed by atoms with van der Waals surface area (Å²) in [6, 6.07) is 0. The van der Waals surface area contributed by atoms with Gasteiger partial charge >= 0.3 is 0 Å². The molecule has 0 unspecified atom stereocenters. The minimum Gasteiger partial charge on any atom is -0.785 e. The molecule has 0 aliphatic carbocycles. The molecule has 0 spiro atoms. The van der Waals surface area contributed by atoms with Gasteiger partial charge in [0, 0.05) is 0 Å². The molecule has 0 radical (unpaired) electrons. The molecule has 2 heteroatoms. The van der Waals surface area contributed by atoms with Crippen LogP contribution in [0.3, 0.4) is 0 Å². The molecule has 0 fully saturated rings. The Morgan fingerprint density at radius 1 is 0.455 bits per heavy atom. The first-order valence-corrected chi connectivity index (χ1v) is 10.2. The van der Waals surface area contributed by atoms with Crippen LogP contribution in [0.15, 0.2) is 0 Å². The van der Waals surface area contributed by atoms with Crippen LogP contribution in [0.4, 0.5) is 0 Å². The summed E-state index contributed by atoms with van der Waals surface area (Å²) in [6.07, 6.45) is 21.7. The van der Waals surface area contributed by atoms with Gasteiger partial charge in [0.25, 0.3) is 0 Å². The lowest BCUT2D eigenvalue weighted by Crippen LogP contribution is -2.18. The van der Waals surface area contributed by atoms with E-state index in [9.17, 15) is 5.21 Å². The lowest BCUT2D eigenvalue weighted by molar-refractivity contribution is 0.363. The van der Waals surface area contributed by atoms with Crippen molar-refractivity contribution in [1.29, 1.82) is 0 Å². The molecule has 0 atom stereocenters. The third-order valence-electron chi connectivity index (χ3n) is 4.48. The van der Waals surface area contributed by atoms with Crippen LogP contribution < -0.4 is 0 Å². The van der Waals surface area contributed by atoms with Crippen LogP contribution in [-0.4, -0.2) is 18.2 Å². The molecular weight excluding hydrogens is 270 g/mol. The van der Waals surface area contributed by atoms with E-state index in [1.54, 1.807) is 0 Å². The van der Waals surface area contributed by atoms with Crippen molar-refractivity contribution in [3.63, 3.8) is 0 Å². The minimum atomic E-state index is 0.707. The van der Waals surface area contributed by atoms with Gasteiger partial charge in [-0.05, 0) is 25.9 Å². The molecule has 0 aromatic heterocycles. The molecule has 0 aromatic rings. The van der Waals surface area contributed by atoms with Crippen molar-refractivity contribution < 1.29 is 0 Å². The van der Waals surface area contributed by atoms with E-state index in [0.29, 0.717) is 6.54 Å². The standard InChI is InChI=1S/C20H42NO/c1-3-5-6-7-8-9-10-11-12-13-14-15-16-17-18-20-21(22)19-4-2/h3-20H2,1-2H3/q-1. The van der Waals surface area contributed by atoms with E-state index in [1.807, 2.05) is 0 Å². The molecule has 0 aliphatic heterocycles. The zero-order valence-electron chi connectivity index (χ0n) is 15.6. The molecule has 0 aromatic carbocycles. The monoisotopic (exact) mass is 312 g/mol. The topological polar surface area (TPSA) is 26.3 Å². The second-order valence-electron chi connectivity index (χ2n) is 6.88. The summed E-state index contributed by atoms with van der Waals surface area (Å²) in [4.78, 5) is 0. The van der Waals surface area contributed by atoms with Crippen molar-refractivity contribution in [2.75, 3.05) is 13.1 Å². The highest BCUT2D eigenvalue weighted by Crippen LogP contribution is 2.13. The number of hydroxylamine groups is 2. The number of rotatable bonds is 18. The van der Waals surface area contributed by atoms with Gasteiger partial charge in [0.05, 0.1) is 0 Å². The second kappa shape index (κ2) is 19.0. The van der Waals surface area contributed by atoms with E-state index < -0.39 is 0 Å². The van der Waals surface area contributed by atoms with Gasteiger partial charge in [-0.1, -0.05) is 104 Å². The number of unbranched alkanes of at least 4 members (excludes halogenated alkanes) is 14. The summed E-state index contributed by atoms with van der Waals surface area (Å²) < 4.78 is 0. The van der Waals surface area contributed by atoms with Crippen molar-refractivity contribution in [3.8, 4) is 0 Å². The molecule has 0 saturated carbocycles. The Labute approximate surface area is 140 Å². The molecule has 22 heavy (non-hydrogen) atoms. The van der Waals surface area contributed by atoms with Crippen LogP contribution >= 0.6 is 0 Å². The van der Waals surface area contributed by atoms with Gasteiger partial charge in [-0.2, -0.15) is 0 Å². The summed E-state index contributed by atoms with van der Waals surface area (Å²) in [5, 5.41) is 12.5. The Balaban J connectivity index is 3.00. The molecule has 0 bridgehead atoms. The predicted octanol–water partition coefficient (Wildman–Crippen LogP) is 7.07. The first-order valence-electron chi connectivity index (χ1n) is 10.2. The van der Waals surface area contributed by atoms with Gasteiger partial charge in [-0.3, -0.25) is 0 Å². The Morgan fingerprint density at radius 2 is 0.818 bits per heavy atom. The molecular formula is C20H42NO-. The van der Waals surface area contributed by atoms with Crippen molar-refractivity contribution >= 4 is 0 Å². The summed E-state index contributed by atoms with van der Waals surface area (Å²) in [7, 11) is 0. The Hall–Kier alpha value is -0.0800. The number of hydrogen-bond acceptors (Lipinski definition) is 2. The average Bonchev–Trinajstić information content (AvgIpc) is 2.51. The molecule has 0 heterocycles. The quantitative estimate of drug-likeness (QED) is 0.200. The highest BCUT2D eigenvalue weighted by Gasteiger charge is 1.95. The summed E-state index contributed by atoms with van der Waals surface area (Å²) in [5.41, 5.74) is 0. The van der Waals surface area contributed by atoms with E-state index in [0.717, 1.165) is 19.4 Å². The highest BCUT2D eigenvalue weighted by atomic mass is 16.5. The van der Waals surface area contributed by atoms with Crippen LogP contribution in [0.2, 0.25) is 0 Å². The normalized spacial score (nSPS) is 11.5. The Bertz CT molecular complexity index is 196. The molecule has 2 nitrogen and oxygen atoms in total. The van der Waals surface area contributed by atoms with E-state index in [-0.39, 0.29) is 0 Å². The maximum Gasteiger partial charge on any atom is -0.0145 e. The van der Waals surface area contributed by atoms with Crippen LogP contribution in [-0.2, 0) is 0 Å². The van der Waals surface area contributed by atoms with Crippen molar-refractivity contribution in [2.45, 2.75) is 117 Å². The van der Waals surface area contributed by atoms with Crippen molar-refractivity contribution in [1.82, 2.24) is 5.06 Å². The first-order chi connectivity index (χ1) is 10.8. The summed E-state index contributed by atoms with van der Waals surface area (Å²) >= 11 is 0. The van der Waals surface area contributed by atoms with Gasteiger partial charge in [-0.25, -0.2) is 0 Å². The average molecular weight is 313 g/mol. The smallest absolute Gasteiger partial charge is 0.0145 e. The van der Waals surface area contributed by atoms with Gasteiger partial charge in [0.1, 0.15) is 0 Å². The minimum absolute atomic E-state index is 0.707. The second-order valence-corrected chi connectivity index (χ2v) is 6.88. The van der Waals surface area contributed by atoms with Crippen LogP contribution in [0.25, 0.3) is 0 Å². The first kappa shape index (κ1) is 21.9. The Morgan fingerprint density at radius 3 is 1.18 bits per heavy atom. The maximum atomic E-state index is 11.3. The van der Waals surface area contributed by atoms with E-state index in [2.05, 4.69) is 13.8 Å². The summed E-state index contributed by atoms with van der Waals surface area (Å²) in [5.74, 6) is 0. The fraction of sp³-hybridized carbons (Fsp3) is 1.00. The fourth-order valence-electron chi connectivity index (χ4n) is 3.02. The van der Waals surface area contributed by atoms with Crippen molar-refractivity contribution in [2.24, 2.45) is 0 Å². The van der Waals surface area contributed by atoms with Crippen LogP contribution in [0.5, 0.6) is 0 Å². The van der Waals surface area contributed by atoms with E-state index in [1.165, 1.54) is 95.0 Å². The molecule has 0 amide bonds. The van der Waals surface area contributed by atoms with Crippen LogP contribution in [0.1, 0.15) is 117 Å². The highest BCUT2D eigenvalue weighted by molar-refractivity contribution is 4.56. The summed E-state index contributed by atoms with van der Waals surface area (Å²) in [6.45, 7) is 5.80. The number of hydrogen-bond donors (Lipinski definition) is 0.